The molecule has 1 aromatic heterocycles. The number of carbonyl (C=O) groups is 3. The van der Waals surface area contributed by atoms with Gasteiger partial charge < -0.3 is 14.4 Å². The lowest BCUT2D eigenvalue weighted by molar-refractivity contribution is -0.123. The summed E-state index contributed by atoms with van der Waals surface area (Å²) < 4.78 is 10.3. The fourth-order valence-corrected chi connectivity index (χ4v) is 3.95. The van der Waals surface area contributed by atoms with E-state index in [4.69, 9.17) is 15.9 Å². The molecule has 3 rings (SSSR count). The maximum atomic E-state index is 12.3. The molecule has 0 aliphatic carbocycles. The third-order valence-corrected chi connectivity index (χ3v) is 5.57. The van der Waals surface area contributed by atoms with Crippen LogP contribution in [0.25, 0.3) is 0 Å². The van der Waals surface area contributed by atoms with Crippen molar-refractivity contribution in [1.29, 1.82) is 0 Å². The summed E-state index contributed by atoms with van der Waals surface area (Å²) >= 11 is 1.38. The monoisotopic (exact) mass is 442 g/mol. The normalized spacial score (nSPS) is 13.7. The zero-order valence-corrected chi connectivity index (χ0v) is 17.5. The van der Waals surface area contributed by atoms with Crippen LogP contribution in [0.3, 0.4) is 0 Å². The molecule has 162 valence electrons. The molecule has 0 saturated carbocycles. The van der Waals surface area contributed by atoms with E-state index in [1.807, 2.05) is 6.07 Å². The second-order valence-corrected chi connectivity index (χ2v) is 7.58. The van der Waals surface area contributed by atoms with E-state index < -0.39 is 17.9 Å². The van der Waals surface area contributed by atoms with Crippen LogP contribution < -0.4 is 15.6 Å². The average Bonchev–Trinajstić information content (AvgIpc) is 3.31. The highest BCUT2D eigenvalue weighted by Gasteiger charge is 2.27. The van der Waals surface area contributed by atoms with Crippen LogP contribution in [0.2, 0.25) is 0 Å². The van der Waals surface area contributed by atoms with Crippen LogP contribution in [0.4, 0.5) is 4.79 Å². The summed E-state index contributed by atoms with van der Waals surface area (Å²) in [5.74, 6) is 1.98. The first-order valence-electron chi connectivity index (χ1n) is 9.64. The molecule has 0 bridgehead atoms. The Morgan fingerprint density at radius 3 is 2.65 bits per heavy atom. The van der Waals surface area contributed by atoms with Crippen molar-refractivity contribution in [2.75, 3.05) is 26.3 Å². The average molecular weight is 442 g/mol. The van der Waals surface area contributed by atoms with E-state index in [1.54, 1.807) is 34.5 Å². The maximum Gasteiger partial charge on any atom is 0.410 e. The number of carbonyl (C=O) groups excluding carboxylic acids is 3. The second kappa shape index (κ2) is 11.0. The third-order valence-electron chi connectivity index (χ3n) is 4.56. The van der Waals surface area contributed by atoms with E-state index in [1.165, 1.54) is 11.3 Å². The van der Waals surface area contributed by atoms with Crippen molar-refractivity contribution in [3.63, 3.8) is 0 Å². The summed E-state index contributed by atoms with van der Waals surface area (Å²) in [6.07, 6.45) is 6.11. The van der Waals surface area contributed by atoms with Crippen LogP contribution in [0.15, 0.2) is 35.7 Å². The first-order chi connectivity index (χ1) is 15.1. The highest BCUT2D eigenvalue weighted by Crippen LogP contribution is 2.30. The van der Waals surface area contributed by atoms with Gasteiger partial charge in [0.15, 0.2) is 13.2 Å². The lowest BCUT2D eigenvalue weighted by atomic mass is 9.98. The largest absolute Gasteiger partial charge is 0.484 e. The number of amides is 3. The SMILES string of the molecule is C#CCOC(=O)N1CCC(c2nc(C(=O)NNC(=O)COc3ccccc3)cs2)CC1. The van der Waals surface area contributed by atoms with Gasteiger partial charge >= 0.3 is 6.09 Å². The predicted molar refractivity (Wildman–Crippen MR) is 113 cm³/mol. The summed E-state index contributed by atoms with van der Waals surface area (Å²) in [4.78, 5) is 41.9. The second-order valence-electron chi connectivity index (χ2n) is 6.70. The van der Waals surface area contributed by atoms with Gasteiger partial charge in [-0.3, -0.25) is 20.4 Å². The van der Waals surface area contributed by atoms with Gasteiger partial charge in [0.2, 0.25) is 0 Å². The van der Waals surface area contributed by atoms with Crippen molar-refractivity contribution in [3.05, 3.63) is 46.4 Å². The van der Waals surface area contributed by atoms with Crippen molar-refractivity contribution in [1.82, 2.24) is 20.7 Å². The number of ether oxygens (including phenoxy) is 2. The molecule has 1 aliphatic rings. The molecule has 2 heterocycles. The van der Waals surface area contributed by atoms with Gasteiger partial charge in [-0.15, -0.1) is 17.8 Å². The summed E-state index contributed by atoms with van der Waals surface area (Å²) in [6.45, 7) is 0.799. The van der Waals surface area contributed by atoms with E-state index in [2.05, 4.69) is 21.8 Å². The molecule has 1 aromatic carbocycles. The van der Waals surface area contributed by atoms with Crippen molar-refractivity contribution >= 4 is 29.2 Å². The third kappa shape index (κ3) is 6.45. The van der Waals surface area contributed by atoms with Gasteiger partial charge in [-0.2, -0.15) is 0 Å². The standard InChI is InChI=1S/C21H22N4O5S/c1-2-12-29-21(28)25-10-8-15(9-11-25)20-22-17(14-31-20)19(27)24-23-18(26)13-30-16-6-4-3-5-7-16/h1,3-7,14-15H,8-13H2,(H,23,26)(H,24,27). The summed E-state index contributed by atoms with van der Waals surface area (Å²) in [5, 5.41) is 2.46. The molecule has 1 saturated heterocycles. The summed E-state index contributed by atoms with van der Waals surface area (Å²) in [5.41, 5.74) is 4.86. The number of hydrazine groups is 1. The van der Waals surface area contributed by atoms with Crippen molar-refractivity contribution in [3.8, 4) is 18.1 Å². The first-order valence-corrected chi connectivity index (χ1v) is 10.5. The number of thiazole rings is 1. The number of hydrogen-bond acceptors (Lipinski definition) is 7. The van der Waals surface area contributed by atoms with Gasteiger partial charge in [-0.1, -0.05) is 24.1 Å². The number of benzene rings is 1. The Morgan fingerprint density at radius 1 is 1.19 bits per heavy atom. The topological polar surface area (TPSA) is 110 Å². The van der Waals surface area contributed by atoms with Gasteiger partial charge in [0, 0.05) is 24.4 Å². The minimum atomic E-state index is -0.508. The molecule has 9 nitrogen and oxygen atoms in total. The molecule has 2 aromatic rings. The van der Waals surface area contributed by atoms with Crippen LogP contribution in [-0.2, 0) is 9.53 Å². The van der Waals surface area contributed by atoms with E-state index in [9.17, 15) is 14.4 Å². The highest BCUT2D eigenvalue weighted by molar-refractivity contribution is 7.09. The predicted octanol–water partition coefficient (Wildman–Crippen LogP) is 1.93. The van der Waals surface area contributed by atoms with Crippen LogP contribution in [0, 0.1) is 12.3 Å². The molecular formula is C21H22N4O5S. The summed E-state index contributed by atoms with van der Waals surface area (Å²) in [6, 6.07) is 8.89. The number of aromatic nitrogens is 1. The number of nitrogens with zero attached hydrogens (tertiary/aromatic N) is 2. The Bertz CT molecular complexity index is 948. The van der Waals surface area contributed by atoms with Crippen molar-refractivity contribution < 1.29 is 23.9 Å². The van der Waals surface area contributed by atoms with Crippen LogP contribution >= 0.6 is 11.3 Å². The maximum absolute atomic E-state index is 12.3. The fourth-order valence-electron chi connectivity index (χ4n) is 2.98. The van der Waals surface area contributed by atoms with Crippen LogP contribution in [0.1, 0.15) is 34.3 Å². The Morgan fingerprint density at radius 2 is 1.94 bits per heavy atom. The molecule has 1 aliphatic heterocycles. The molecule has 0 unspecified atom stereocenters. The number of nitrogens with one attached hydrogen (secondary N) is 2. The van der Waals surface area contributed by atoms with E-state index in [0.29, 0.717) is 31.7 Å². The van der Waals surface area contributed by atoms with Gasteiger partial charge in [0.25, 0.3) is 11.8 Å². The van der Waals surface area contributed by atoms with E-state index >= 15 is 0 Å². The number of para-hydroxylation sites is 1. The van der Waals surface area contributed by atoms with Gasteiger partial charge in [0.05, 0.1) is 5.01 Å². The molecule has 10 heteroatoms. The molecule has 0 radical (unpaired) electrons. The molecule has 3 amide bonds. The molecule has 31 heavy (non-hydrogen) atoms. The zero-order valence-electron chi connectivity index (χ0n) is 16.7. The van der Waals surface area contributed by atoms with Crippen LogP contribution in [-0.4, -0.2) is 54.1 Å². The highest BCUT2D eigenvalue weighted by atomic mass is 32.1. The number of hydrogen-bond donors (Lipinski definition) is 2. The Balaban J connectivity index is 1.42. The van der Waals surface area contributed by atoms with Gasteiger partial charge in [-0.05, 0) is 25.0 Å². The lowest BCUT2D eigenvalue weighted by Gasteiger charge is -2.30. The number of likely N-dealkylation sites (tertiary alicyclic amines) is 1. The Hall–Kier alpha value is -3.58. The van der Waals surface area contributed by atoms with Crippen molar-refractivity contribution in [2.24, 2.45) is 0 Å². The van der Waals surface area contributed by atoms with Gasteiger partial charge in [-0.25, -0.2) is 9.78 Å². The molecule has 2 N–H and O–H groups in total. The minimum absolute atomic E-state index is 0.0430. The number of terminal acetylenes is 1. The van der Waals surface area contributed by atoms with E-state index in [-0.39, 0.29) is 24.8 Å². The molecule has 0 atom stereocenters. The lowest BCUT2D eigenvalue weighted by Crippen LogP contribution is -2.44. The Labute approximate surface area is 183 Å². The minimum Gasteiger partial charge on any atom is -0.484 e. The smallest absolute Gasteiger partial charge is 0.410 e. The molecule has 0 spiro atoms. The Kier molecular flexibility index (Phi) is 7.84. The van der Waals surface area contributed by atoms with Crippen LogP contribution in [0.5, 0.6) is 5.75 Å². The molecular weight excluding hydrogens is 420 g/mol. The van der Waals surface area contributed by atoms with Gasteiger partial charge in [0.1, 0.15) is 11.4 Å². The van der Waals surface area contributed by atoms with Crippen molar-refractivity contribution in [2.45, 2.75) is 18.8 Å². The van der Waals surface area contributed by atoms with E-state index in [0.717, 1.165) is 5.01 Å². The molecule has 1 fully saturated rings. The quantitative estimate of drug-likeness (QED) is 0.523. The fraction of sp³-hybridized carbons (Fsp3) is 0.333. The number of piperidine rings is 1. The number of rotatable bonds is 6. The summed E-state index contributed by atoms with van der Waals surface area (Å²) in [7, 11) is 0. The zero-order chi connectivity index (χ0) is 22.1. The first kappa shape index (κ1) is 22.1.